The van der Waals surface area contributed by atoms with E-state index >= 15 is 0 Å². The van der Waals surface area contributed by atoms with Crippen molar-refractivity contribution in [3.63, 3.8) is 0 Å². The molecule has 2 rings (SSSR count). The molecule has 0 saturated carbocycles. The minimum Gasteiger partial charge on any atom is -0.340 e. The van der Waals surface area contributed by atoms with Crippen LogP contribution in [0.25, 0.3) is 0 Å². The van der Waals surface area contributed by atoms with E-state index in [1.54, 1.807) is 6.92 Å². The fourth-order valence-corrected chi connectivity index (χ4v) is 2.33. The molecule has 2 N–H and O–H groups in total. The lowest BCUT2D eigenvalue weighted by atomic mass is 10.1. The normalized spacial score (nSPS) is 29.3. The second kappa shape index (κ2) is 3.87. The van der Waals surface area contributed by atoms with Crippen LogP contribution in [0.1, 0.15) is 13.3 Å². The average Bonchev–Trinajstić information content (AvgIpc) is 2.49. The van der Waals surface area contributed by atoms with Gasteiger partial charge in [-0.05, 0) is 25.4 Å². The number of hydrogen-bond donors (Lipinski definition) is 1. The zero-order valence-corrected chi connectivity index (χ0v) is 8.78. The van der Waals surface area contributed by atoms with Crippen LogP contribution in [0.3, 0.4) is 0 Å². The molecule has 4 heteroatoms. The van der Waals surface area contributed by atoms with Crippen molar-refractivity contribution in [2.45, 2.75) is 19.4 Å². The maximum atomic E-state index is 11.0. The summed E-state index contributed by atoms with van der Waals surface area (Å²) in [7, 11) is 0. The fraction of sp³-hybridized carbons (Fsp3) is 0.900. The molecule has 0 radical (unpaired) electrons. The molecule has 1 amide bonds. The van der Waals surface area contributed by atoms with Gasteiger partial charge in [0.1, 0.15) is 0 Å². The topological polar surface area (TPSA) is 49.6 Å². The number of rotatable bonds is 2. The van der Waals surface area contributed by atoms with E-state index < -0.39 is 0 Å². The van der Waals surface area contributed by atoms with Crippen LogP contribution in [0, 0.1) is 5.92 Å². The van der Waals surface area contributed by atoms with E-state index in [2.05, 4.69) is 4.90 Å². The van der Waals surface area contributed by atoms with E-state index in [4.69, 9.17) is 5.73 Å². The number of nitrogens with zero attached hydrogens (tertiary/aromatic N) is 2. The minimum atomic E-state index is 0.204. The Bertz CT molecular complexity index is 225. The Balaban J connectivity index is 1.75. The lowest BCUT2D eigenvalue weighted by Crippen LogP contribution is -2.60. The highest BCUT2D eigenvalue weighted by atomic mass is 16.2. The molecule has 14 heavy (non-hydrogen) atoms. The molecule has 1 unspecified atom stereocenters. The number of hydrogen-bond acceptors (Lipinski definition) is 3. The molecule has 0 aromatic carbocycles. The molecule has 2 saturated heterocycles. The van der Waals surface area contributed by atoms with E-state index in [9.17, 15) is 4.79 Å². The Morgan fingerprint density at radius 1 is 1.43 bits per heavy atom. The summed E-state index contributed by atoms with van der Waals surface area (Å²) < 4.78 is 0. The van der Waals surface area contributed by atoms with E-state index in [1.165, 1.54) is 6.42 Å². The van der Waals surface area contributed by atoms with Crippen molar-refractivity contribution in [1.82, 2.24) is 9.80 Å². The van der Waals surface area contributed by atoms with Crippen LogP contribution in [0.15, 0.2) is 0 Å². The van der Waals surface area contributed by atoms with Gasteiger partial charge in [-0.25, -0.2) is 0 Å². The number of amides is 1. The summed E-state index contributed by atoms with van der Waals surface area (Å²) >= 11 is 0. The van der Waals surface area contributed by atoms with Gasteiger partial charge in [0.2, 0.25) is 5.91 Å². The smallest absolute Gasteiger partial charge is 0.219 e. The lowest BCUT2D eigenvalue weighted by molar-refractivity contribution is -0.135. The summed E-state index contributed by atoms with van der Waals surface area (Å²) in [6.45, 7) is 6.59. The summed E-state index contributed by atoms with van der Waals surface area (Å²) in [5.74, 6) is 0.886. The summed E-state index contributed by atoms with van der Waals surface area (Å²) in [5.41, 5.74) is 5.64. The summed E-state index contributed by atoms with van der Waals surface area (Å²) in [5, 5.41) is 0. The molecule has 0 aliphatic carbocycles. The standard InChI is InChI=1S/C10H19N3O/c1-8(14)13-6-10(7-13)12-3-2-9(4-11)5-12/h9-10H,2-7,11H2,1H3. The number of likely N-dealkylation sites (tertiary alicyclic amines) is 2. The van der Waals surface area contributed by atoms with Gasteiger partial charge < -0.3 is 10.6 Å². The van der Waals surface area contributed by atoms with Gasteiger partial charge in [0.15, 0.2) is 0 Å². The van der Waals surface area contributed by atoms with Crippen LogP contribution < -0.4 is 5.73 Å². The van der Waals surface area contributed by atoms with Crippen LogP contribution >= 0.6 is 0 Å². The van der Waals surface area contributed by atoms with E-state index in [-0.39, 0.29) is 5.91 Å². The van der Waals surface area contributed by atoms with Gasteiger partial charge in [0, 0.05) is 32.6 Å². The highest BCUT2D eigenvalue weighted by Gasteiger charge is 2.36. The third kappa shape index (κ3) is 1.77. The molecule has 2 fully saturated rings. The number of nitrogens with two attached hydrogens (primary N) is 1. The van der Waals surface area contributed by atoms with Crippen LogP contribution in [-0.2, 0) is 4.79 Å². The van der Waals surface area contributed by atoms with Crippen LogP contribution in [0.2, 0.25) is 0 Å². The van der Waals surface area contributed by atoms with Gasteiger partial charge in [0.25, 0.3) is 0 Å². The lowest BCUT2D eigenvalue weighted by Gasteiger charge is -2.43. The zero-order chi connectivity index (χ0) is 10.1. The molecular weight excluding hydrogens is 178 g/mol. The summed E-state index contributed by atoms with van der Waals surface area (Å²) in [4.78, 5) is 15.4. The van der Waals surface area contributed by atoms with E-state index in [1.807, 2.05) is 4.90 Å². The molecule has 0 bridgehead atoms. The quantitative estimate of drug-likeness (QED) is 0.649. The minimum absolute atomic E-state index is 0.204. The summed E-state index contributed by atoms with van der Waals surface area (Å²) in [6, 6.07) is 0.607. The maximum Gasteiger partial charge on any atom is 0.219 e. The molecule has 1 atom stereocenters. The van der Waals surface area contributed by atoms with Crippen molar-refractivity contribution < 1.29 is 4.79 Å². The molecule has 0 aromatic heterocycles. The molecule has 80 valence electrons. The van der Waals surface area contributed by atoms with Gasteiger partial charge in [0.05, 0.1) is 0 Å². The Labute approximate surface area is 85.0 Å². The third-order valence-corrected chi connectivity index (χ3v) is 3.47. The van der Waals surface area contributed by atoms with Crippen LogP contribution in [-0.4, -0.2) is 54.5 Å². The van der Waals surface area contributed by atoms with Crippen molar-refractivity contribution in [2.24, 2.45) is 11.7 Å². The Morgan fingerprint density at radius 2 is 2.14 bits per heavy atom. The number of carbonyl (C=O) groups is 1. The first-order valence-corrected chi connectivity index (χ1v) is 5.40. The first kappa shape index (κ1) is 9.93. The first-order valence-electron chi connectivity index (χ1n) is 5.40. The van der Waals surface area contributed by atoms with Gasteiger partial charge in [-0.3, -0.25) is 9.69 Å². The highest BCUT2D eigenvalue weighted by Crippen LogP contribution is 2.22. The van der Waals surface area contributed by atoms with Crippen molar-refractivity contribution in [1.29, 1.82) is 0 Å². The monoisotopic (exact) mass is 197 g/mol. The molecule has 2 heterocycles. The van der Waals surface area contributed by atoms with Crippen LogP contribution in [0.4, 0.5) is 0 Å². The molecule has 0 spiro atoms. The second-order valence-electron chi connectivity index (χ2n) is 4.46. The van der Waals surface area contributed by atoms with Gasteiger partial charge in [-0.1, -0.05) is 0 Å². The van der Waals surface area contributed by atoms with Crippen molar-refractivity contribution in [3.8, 4) is 0 Å². The van der Waals surface area contributed by atoms with Crippen molar-refractivity contribution in [2.75, 3.05) is 32.7 Å². The maximum absolute atomic E-state index is 11.0. The summed E-state index contributed by atoms with van der Waals surface area (Å²) in [6.07, 6.45) is 1.23. The second-order valence-corrected chi connectivity index (χ2v) is 4.46. The largest absolute Gasteiger partial charge is 0.340 e. The van der Waals surface area contributed by atoms with Crippen LogP contribution in [0.5, 0.6) is 0 Å². The SMILES string of the molecule is CC(=O)N1CC(N2CCC(CN)C2)C1. The molecular formula is C10H19N3O. The first-order chi connectivity index (χ1) is 6.70. The highest BCUT2D eigenvalue weighted by molar-refractivity contribution is 5.74. The van der Waals surface area contributed by atoms with Gasteiger partial charge >= 0.3 is 0 Å². The fourth-order valence-electron chi connectivity index (χ4n) is 2.33. The zero-order valence-electron chi connectivity index (χ0n) is 8.78. The van der Waals surface area contributed by atoms with E-state index in [0.717, 1.165) is 32.7 Å². The third-order valence-electron chi connectivity index (χ3n) is 3.47. The molecule has 2 aliphatic heterocycles. The van der Waals surface area contributed by atoms with Gasteiger partial charge in [-0.2, -0.15) is 0 Å². The molecule has 2 aliphatic rings. The number of carbonyl (C=O) groups excluding carboxylic acids is 1. The molecule has 4 nitrogen and oxygen atoms in total. The predicted molar refractivity (Wildman–Crippen MR) is 54.8 cm³/mol. The average molecular weight is 197 g/mol. The van der Waals surface area contributed by atoms with Crippen molar-refractivity contribution >= 4 is 5.91 Å². The van der Waals surface area contributed by atoms with Gasteiger partial charge in [-0.15, -0.1) is 0 Å². The molecule has 0 aromatic rings. The van der Waals surface area contributed by atoms with E-state index in [0.29, 0.717) is 12.0 Å². The predicted octanol–water partition coefficient (Wildman–Crippen LogP) is -0.502. The Morgan fingerprint density at radius 3 is 2.64 bits per heavy atom. The Kier molecular flexibility index (Phi) is 2.74. The van der Waals surface area contributed by atoms with Crippen molar-refractivity contribution in [3.05, 3.63) is 0 Å². The Hall–Kier alpha value is -0.610.